The minimum Gasteiger partial charge on any atom is -0.466 e. The van der Waals surface area contributed by atoms with Crippen molar-refractivity contribution in [3.8, 4) is 0 Å². The Labute approximate surface area is 98.8 Å². The van der Waals surface area contributed by atoms with Gasteiger partial charge in [-0.2, -0.15) is 0 Å². The summed E-state index contributed by atoms with van der Waals surface area (Å²) in [6, 6.07) is 0. The molecule has 0 aromatic heterocycles. The number of ether oxygens (including phenoxy) is 1. The maximum Gasteiger partial charge on any atom is 0.305 e. The average Bonchev–Trinajstić information content (AvgIpc) is 2.25. The Morgan fingerprint density at radius 3 is 2.38 bits per heavy atom. The molecule has 16 heavy (non-hydrogen) atoms. The SMILES string of the molecule is C=CCN(CC=C)CCCCC(=O)OCC. The highest BCUT2D eigenvalue weighted by Crippen LogP contribution is 2.01. The lowest BCUT2D eigenvalue weighted by Gasteiger charge is -2.18. The van der Waals surface area contributed by atoms with Crippen LogP contribution in [0.4, 0.5) is 0 Å². The van der Waals surface area contributed by atoms with Crippen molar-refractivity contribution in [1.29, 1.82) is 0 Å². The smallest absolute Gasteiger partial charge is 0.305 e. The van der Waals surface area contributed by atoms with E-state index >= 15 is 0 Å². The van der Waals surface area contributed by atoms with E-state index in [4.69, 9.17) is 4.74 Å². The van der Waals surface area contributed by atoms with Crippen molar-refractivity contribution >= 4 is 5.97 Å². The van der Waals surface area contributed by atoms with E-state index in [9.17, 15) is 4.79 Å². The summed E-state index contributed by atoms with van der Waals surface area (Å²) in [5, 5.41) is 0. The van der Waals surface area contributed by atoms with Gasteiger partial charge in [-0.25, -0.2) is 0 Å². The van der Waals surface area contributed by atoms with Crippen LogP contribution in [-0.2, 0) is 9.53 Å². The third-order valence-electron chi connectivity index (χ3n) is 2.19. The van der Waals surface area contributed by atoms with E-state index in [-0.39, 0.29) is 5.97 Å². The molecule has 0 rings (SSSR count). The van der Waals surface area contributed by atoms with Gasteiger partial charge in [0.25, 0.3) is 0 Å². The van der Waals surface area contributed by atoms with Crippen molar-refractivity contribution < 1.29 is 9.53 Å². The van der Waals surface area contributed by atoms with Gasteiger partial charge < -0.3 is 4.74 Å². The number of unbranched alkanes of at least 4 members (excludes halogenated alkanes) is 1. The zero-order valence-electron chi connectivity index (χ0n) is 10.3. The summed E-state index contributed by atoms with van der Waals surface area (Å²) in [7, 11) is 0. The first-order valence-electron chi connectivity index (χ1n) is 5.84. The van der Waals surface area contributed by atoms with Gasteiger partial charge in [0.05, 0.1) is 6.61 Å². The number of carbonyl (C=O) groups excluding carboxylic acids is 1. The summed E-state index contributed by atoms with van der Waals surface area (Å²) in [5.74, 6) is -0.0958. The van der Waals surface area contributed by atoms with Crippen LogP contribution in [0.1, 0.15) is 26.2 Å². The maximum atomic E-state index is 11.1. The summed E-state index contributed by atoms with van der Waals surface area (Å²) in [6.45, 7) is 12.4. The van der Waals surface area contributed by atoms with Gasteiger partial charge in [0.1, 0.15) is 0 Å². The van der Waals surface area contributed by atoms with Crippen LogP contribution in [0.3, 0.4) is 0 Å². The van der Waals surface area contributed by atoms with Crippen LogP contribution >= 0.6 is 0 Å². The van der Waals surface area contributed by atoms with Crippen LogP contribution in [0.15, 0.2) is 25.3 Å². The van der Waals surface area contributed by atoms with Crippen molar-refractivity contribution in [3.63, 3.8) is 0 Å². The molecule has 3 heteroatoms. The van der Waals surface area contributed by atoms with E-state index in [1.54, 1.807) is 0 Å². The average molecular weight is 225 g/mol. The Bertz CT molecular complexity index is 204. The molecule has 0 aliphatic rings. The fourth-order valence-corrected chi connectivity index (χ4v) is 1.46. The molecule has 0 heterocycles. The lowest BCUT2D eigenvalue weighted by Crippen LogP contribution is -2.25. The van der Waals surface area contributed by atoms with E-state index in [0.29, 0.717) is 13.0 Å². The highest BCUT2D eigenvalue weighted by Gasteiger charge is 2.03. The molecule has 0 radical (unpaired) electrons. The van der Waals surface area contributed by atoms with Gasteiger partial charge in [-0.15, -0.1) is 13.2 Å². The Morgan fingerprint density at radius 2 is 1.88 bits per heavy atom. The van der Waals surface area contributed by atoms with E-state index in [1.807, 2.05) is 19.1 Å². The predicted octanol–water partition coefficient (Wildman–Crippen LogP) is 2.39. The maximum absolute atomic E-state index is 11.1. The molecule has 92 valence electrons. The molecule has 3 nitrogen and oxygen atoms in total. The predicted molar refractivity (Wildman–Crippen MR) is 67.3 cm³/mol. The zero-order chi connectivity index (χ0) is 12.2. The molecule has 0 fully saturated rings. The van der Waals surface area contributed by atoms with Crippen molar-refractivity contribution in [1.82, 2.24) is 4.90 Å². The molecule has 0 saturated carbocycles. The fourth-order valence-electron chi connectivity index (χ4n) is 1.46. The molecule has 0 N–H and O–H groups in total. The Morgan fingerprint density at radius 1 is 1.25 bits per heavy atom. The third-order valence-corrected chi connectivity index (χ3v) is 2.19. The number of hydrogen-bond donors (Lipinski definition) is 0. The van der Waals surface area contributed by atoms with Crippen LogP contribution in [-0.4, -0.2) is 37.1 Å². The molecule has 0 spiro atoms. The Balaban J connectivity index is 3.56. The molecule has 0 aliphatic carbocycles. The number of esters is 1. The first kappa shape index (κ1) is 14.9. The number of carbonyl (C=O) groups is 1. The van der Waals surface area contributed by atoms with Gasteiger partial charge in [0.15, 0.2) is 0 Å². The van der Waals surface area contributed by atoms with Gasteiger partial charge in [-0.05, 0) is 26.3 Å². The summed E-state index contributed by atoms with van der Waals surface area (Å²) in [4.78, 5) is 13.3. The molecule has 0 unspecified atom stereocenters. The van der Waals surface area contributed by atoms with Gasteiger partial charge in [-0.1, -0.05) is 12.2 Å². The molecular weight excluding hydrogens is 202 g/mol. The molecule has 0 aromatic rings. The fraction of sp³-hybridized carbons (Fsp3) is 0.615. The summed E-state index contributed by atoms with van der Waals surface area (Å²) in [6.07, 6.45) is 6.16. The molecule has 0 saturated heterocycles. The first-order chi connectivity index (χ1) is 7.74. The molecule has 0 bridgehead atoms. The summed E-state index contributed by atoms with van der Waals surface area (Å²) >= 11 is 0. The van der Waals surface area contributed by atoms with Gasteiger partial charge in [0, 0.05) is 19.5 Å². The van der Waals surface area contributed by atoms with Crippen molar-refractivity contribution in [3.05, 3.63) is 25.3 Å². The summed E-state index contributed by atoms with van der Waals surface area (Å²) in [5.41, 5.74) is 0. The van der Waals surface area contributed by atoms with Crippen LogP contribution in [0.25, 0.3) is 0 Å². The van der Waals surface area contributed by atoms with Crippen LogP contribution < -0.4 is 0 Å². The molecule has 0 aliphatic heterocycles. The summed E-state index contributed by atoms with van der Waals surface area (Å²) < 4.78 is 4.86. The second-order valence-corrected chi connectivity index (χ2v) is 3.60. The van der Waals surface area contributed by atoms with Gasteiger partial charge in [-0.3, -0.25) is 9.69 Å². The Hall–Kier alpha value is -1.09. The lowest BCUT2D eigenvalue weighted by atomic mass is 10.2. The zero-order valence-corrected chi connectivity index (χ0v) is 10.3. The number of rotatable bonds is 10. The monoisotopic (exact) mass is 225 g/mol. The van der Waals surface area contributed by atoms with E-state index in [1.165, 1.54) is 0 Å². The third kappa shape index (κ3) is 8.24. The lowest BCUT2D eigenvalue weighted by molar-refractivity contribution is -0.143. The largest absolute Gasteiger partial charge is 0.466 e. The molecule has 0 atom stereocenters. The second-order valence-electron chi connectivity index (χ2n) is 3.60. The highest BCUT2D eigenvalue weighted by molar-refractivity contribution is 5.69. The number of hydrogen-bond acceptors (Lipinski definition) is 3. The molecule has 0 amide bonds. The quantitative estimate of drug-likeness (QED) is 0.325. The number of nitrogens with zero attached hydrogens (tertiary/aromatic N) is 1. The van der Waals surface area contributed by atoms with Crippen LogP contribution in [0.5, 0.6) is 0 Å². The first-order valence-corrected chi connectivity index (χ1v) is 5.84. The van der Waals surface area contributed by atoms with E-state index in [0.717, 1.165) is 32.5 Å². The van der Waals surface area contributed by atoms with Crippen molar-refractivity contribution in [2.45, 2.75) is 26.2 Å². The van der Waals surface area contributed by atoms with Crippen molar-refractivity contribution in [2.24, 2.45) is 0 Å². The van der Waals surface area contributed by atoms with Gasteiger partial charge >= 0.3 is 5.97 Å². The minimum absolute atomic E-state index is 0.0958. The Kier molecular flexibility index (Phi) is 9.72. The highest BCUT2D eigenvalue weighted by atomic mass is 16.5. The topological polar surface area (TPSA) is 29.5 Å². The second kappa shape index (κ2) is 10.4. The van der Waals surface area contributed by atoms with E-state index in [2.05, 4.69) is 18.1 Å². The normalized spacial score (nSPS) is 10.1. The minimum atomic E-state index is -0.0958. The van der Waals surface area contributed by atoms with Crippen molar-refractivity contribution in [2.75, 3.05) is 26.2 Å². The van der Waals surface area contributed by atoms with E-state index < -0.39 is 0 Å². The molecular formula is C13H23NO2. The molecule has 0 aromatic carbocycles. The van der Waals surface area contributed by atoms with Gasteiger partial charge in [0.2, 0.25) is 0 Å². The standard InChI is InChI=1S/C13H23NO2/c1-4-10-14(11-5-2)12-8-7-9-13(15)16-6-3/h4-5H,1-2,6-12H2,3H3. The van der Waals surface area contributed by atoms with Crippen LogP contribution in [0, 0.1) is 0 Å². The van der Waals surface area contributed by atoms with Crippen LogP contribution in [0.2, 0.25) is 0 Å².